The Morgan fingerprint density at radius 3 is 2.55 bits per heavy atom. The van der Waals surface area contributed by atoms with Crippen molar-refractivity contribution in [2.75, 3.05) is 19.6 Å². The summed E-state index contributed by atoms with van der Waals surface area (Å²) in [6.45, 7) is 5.99. The molecule has 0 bridgehead atoms. The van der Waals surface area contributed by atoms with E-state index in [1.165, 1.54) is 28.6 Å². The molecule has 0 aliphatic carbocycles. The maximum absolute atomic E-state index is 12.9. The largest absolute Gasteiger partial charge is 0.314 e. The van der Waals surface area contributed by atoms with Crippen LogP contribution in [0.5, 0.6) is 0 Å². The van der Waals surface area contributed by atoms with E-state index in [2.05, 4.69) is 12.2 Å². The third-order valence-electron chi connectivity index (χ3n) is 3.79. The van der Waals surface area contributed by atoms with Gasteiger partial charge in [-0.2, -0.15) is 4.31 Å². The van der Waals surface area contributed by atoms with Crippen LogP contribution in [0.3, 0.4) is 0 Å². The van der Waals surface area contributed by atoms with Crippen LogP contribution in [-0.2, 0) is 10.0 Å². The molecule has 112 valence electrons. The SMILES string of the molecule is CCNC1CCN(S(=O)(=O)c2ccc(F)cc2)CC1C. The Morgan fingerprint density at radius 1 is 1.35 bits per heavy atom. The summed E-state index contributed by atoms with van der Waals surface area (Å²) in [6, 6.07) is 5.38. The lowest BCUT2D eigenvalue weighted by Gasteiger charge is -2.36. The number of sulfonamides is 1. The zero-order valence-electron chi connectivity index (χ0n) is 11.8. The maximum atomic E-state index is 12.9. The van der Waals surface area contributed by atoms with Crippen molar-refractivity contribution in [2.45, 2.75) is 31.2 Å². The Kier molecular flexibility index (Phi) is 4.78. The molecule has 1 N–H and O–H groups in total. The van der Waals surface area contributed by atoms with Crippen molar-refractivity contribution >= 4 is 10.0 Å². The Labute approximate surface area is 120 Å². The maximum Gasteiger partial charge on any atom is 0.243 e. The summed E-state index contributed by atoms with van der Waals surface area (Å²) in [5.41, 5.74) is 0. The highest BCUT2D eigenvalue weighted by molar-refractivity contribution is 7.89. The zero-order valence-corrected chi connectivity index (χ0v) is 12.7. The molecule has 1 heterocycles. The van der Waals surface area contributed by atoms with Gasteiger partial charge in [-0.15, -0.1) is 0 Å². The molecule has 1 aliphatic heterocycles. The van der Waals surface area contributed by atoms with Crippen LogP contribution in [0.2, 0.25) is 0 Å². The van der Waals surface area contributed by atoms with Crippen molar-refractivity contribution in [1.82, 2.24) is 9.62 Å². The molecule has 1 fully saturated rings. The van der Waals surface area contributed by atoms with Gasteiger partial charge in [0.25, 0.3) is 0 Å². The summed E-state index contributed by atoms with van der Waals surface area (Å²) in [6.07, 6.45) is 0.801. The van der Waals surface area contributed by atoms with E-state index in [0.29, 0.717) is 19.1 Å². The second-order valence-corrected chi connectivity index (χ2v) is 7.19. The van der Waals surface area contributed by atoms with Crippen LogP contribution >= 0.6 is 0 Å². The number of benzene rings is 1. The third kappa shape index (κ3) is 3.19. The van der Waals surface area contributed by atoms with Crippen LogP contribution in [0.1, 0.15) is 20.3 Å². The molecule has 1 aliphatic rings. The Morgan fingerprint density at radius 2 is 2.00 bits per heavy atom. The lowest BCUT2D eigenvalue weighted by Crippen LogP contribution is -2.49. The average molecular weight is 300 g/mol. The molecule has 6 heteroatoms. The van der Waals surface area contributed by atoms with Gasteiger partial charge in [-0.3, -0.25) is 0 Å². The molecule has 2 rings (SSSR count). The highest BCUT2D eigenvalue weighted by Gasteiger charge is 2.32. The number of nitrogens with one attached hydrogen (secondary N) is 1. The predicted molar refractivity (Wildman–Crippen MR) is 76.4 cm³/mol. The lowest BCUT2D eigenvalue weighted by molar-refractivity contribution is 0.222. The van der Waals surface area contributed by atoms with Gasteiger partial charge >= 0.3 is 0 Å². The second-order valence-electron chi connectivity index (χ2n) is 5.25. The van der Waals surface area contributed by atoms with Crippen LogP contribution in [0.4, 0.5) is 4.39 Å². The van der Waals surface area contributed by atoms with Gasteiger partial charge in [0, 0.05) is 19.1 Å². The van der Waals surface area contributed by atoms with Crippen molar-refractivity contribution in [3.8, 4) is 0 Å². The van der Waals surface area contributed by atoms with Crippen molar-refractivity contribution in [2.24, 2.45) is 5.92 Å². The molecule has 4 nitrogen and oxygen atoms in total. The highest BCUT2D eigenvalue weighted by atomic mass is 32.2. The molecule has 1 aromatic rings. The smallest absolute Gasteiger partial charge is 0.243 e. The second kappa shape index (κ2) is 6.20. The van der Waals surface area contributed by atoms with E-state index in [-0.39, 0.29) is 10.8 Å². The zero-order chi connectivity index (χ0) is 14.8. The minimum absolute atomic E-state index is 0.160. The lowest BCUT2D eigenvalue weighted by atomic mass is 9.95. The molecule has 2 unspecified atom stereocenters. The standard InChI is InChI=1S/C14H21FN2O2S/c1-3-16-14-8-9-17(10-11(14)2)20(18,19)13-6-4-12(15)5-7-13/h4-7,11,14,16H,3,8-10H2,1-2H3. The molecule has 2 atom stereocenters. The van der Waals surface area contributed by atoms with Crippen LogP contribution in [0.15, 0.2) is 29.2 Å². The van der Waals surface area contributed by atoms with Crippen LogP contribution < -0.4 is 5.32 Å². The van der Waals surface area contributed by atoms with Gasteiger partial charge in [-0.1, -0.05) is 13.8 Å². The third-order valence-corrected chi connectivity index (χ3v) is 5.67. The van der Waals surface area contributed by atoms with E-state index in [1.54, 1.807) is 0 Å². The van der Waals surface area contributed by atoms with Crippen LogP contribution in [0.25, 0.3) is 0 Å². The normalized spacial score (nSPS) is 24.8. The van der Waals surface area contributed by atoms with Crippen molar-refractivity contribution in [3.05, 3.63) is 30.1 Å². The van der Waals surface area contributed by atoms with E-state index < -0.39 is 15.8 Å². The first-order valence-corrected chi connectivity index (χ1v) is 8.38. The first kappa shape index (κ1) is 15.4. The molecule has 0 amide bonds. The summed E-state index contributed by atoms with van der Waals surface area (Å²) < 4.78 is 39.4. The van der Waals surface area contributed by atoms with Gasteiger partial charge in [0.2, 0.25) is 10.0 Å². The molecule has 1 aromatic carbocycles. The van der Waals surface area contributed by atoms with E-state index in [1.807, 2.05) is 6.92 Å². The summed E-state index contributed by atoms with van der Waals surface area (Å²) in [7, 11) is -3.51. The number of rotatable bonds is 4. The summed E-state index contributed by atoms with van der Waals surface area (Å²) >= 11 is 0. The van der Waals surface area contributed by atoms with Gasteiger partial charge in [-0.05, 0) is 43.1 Å². The molecule has 0 aromatic heterocycles. The van der Waals surface area contributed by atoms with Crippen LogP contribution in [-0.4, -0.2) is 38.4 Å². The van der Waals surface area contributed by atoms with Crippen molar-refractivity contribution in [3.63, 3.8) is 0 Å². The number of hydrogen-bond donors (Lipinski definition) is 1. The van der Waals surface area contributed by atoms with E-state index in [0.717, 1.165) is 13.0 Å². The minimum atomic E-state index is -3.51. The molecule has 0 radical (unpaired) electrons. The Hall–Kier alpha value is -0.980. The average Bonchev–Trinajstić information content (AvgIpc) is 2.41. The van der Waals surface area contributed by atoms with E-state index in [4.69, 9.17) is 0 Å². The van der Waals surface area contributed by atoms with Gasteiger partial charge in [0.1, 0.15) is 5.82 Å². The van der Waals surface area contributed by atoms with Gasteiger partial charge in [-0.25, -0.2) is 12.8 Å². The molecule has 1 saturated heterocycles. The number of halogens is 1. The van der Waals surface area contributed by atoms with Gasteiger partial charge in [0.05, 0.1) is 4.90 Å². The van der Waals surface area contributed by atoms with Gasteiger partial charge in [0.15, 0.2) is 0 Å². The molecule has 0 saturated carbocycles. The topological polar surface area (TPSA) is 49.4 Å². The molecular formula is C14H21FN2O2S. The summed E-state index contributed by atoms with van der Waals surface area (Å²) in [5.74, 6) is -0.165. The summed E-state index contributed by atoms with van der Waals surface area (Å²) in [5, 5.41) is 3.38. The van der Waals surface area contributed by atoms with Crippen molar-refractivity contribution < 1.29 is 12.8 Å². The fourth-order valence-electron chi connectivity index (χ4n) is 2.65. The number of hydrogen-bond acceptors (Lipinski definition) is 3. The Balaban J connectivity index is 2.14. The molecule has 0 spiro atoms. The first-order valence-electron chi connectivity index (χ1n) is 6.94. The minimum Gasteiger partial charge on any atom is -0.314 e. The first-order chi connectivity index (χ1) is 9.45. The van der Waals surface area contributed by atoms with E-state index >= 15 is 0 Å². The quantitative estimate of drug-likeness (QED) is 0.923. The highest BCUT2D eigenvalue weighted by Crippen LogP contribution is 2.24. The number of nitrogens with zero attached hydrogens (tertiary/aromatic N) is 1. The molecular weight excluding hydrogens is 279 g/mol. The fraction of sp³-hybridized carbons (Fsp3) is 0.571. The monoisotopic (exact) mass is 300 g/mol. The molecule has 20 heavy (non-hydrogen) atoms. The summed E-state index contributed by atoms with van der Waals surface area (Å²) in [4.78, 5) is 0.160. The van der Waals surface area contributed by atoms with Crippen molar-refractivity contribution in [1.29, 1.82) is 0 Å². The van der Waals surface area contributed by atoms with E-state index in [9.17, 15) is 12.8 Å². The van der Waals surface area contributed by atoms with Gasteiger partial charge < -0.3 is 5.32 Å². The number of piperidine rings is 1. The predicted octanol–water partition coefficient (Wildman–Crippen LogP) is 1.83. The van der Waals surface area contributed by atoms with Crippen LogP contribution in [0, 0.1) is 11.7 Å². The Bertz CT molecular complexity index is 545. The fourth-order valence-corrected chi connectivity index (χ4v) is 4.20.